The second-order valence-electron chi connectivity index (χ2n) is 3.24. The van der Waals surface area contributed by atoms with E-state index in [9.17, 15) is 0 Å². The quantitative estimate of drug-likeness (QED) is 0.797. The van der Waals surface area contributed by atoms with Gasteiger partial charge in [0, 0.05) is 5.02 Å². The molecule has 1 aromatic heterocycles. The summed E-state index contributed by atoms with van der Waals surface area (Å²) in [7, 11) is 0. The van der Waals surface area contributed by atoms with Gasteiger partial charge in [0.1, 0.15) is 0 Å². The Hall–Kier alpha value is -1.58. The van der Waals surface area contributed by atoms with Crippen molar-refractivity contribution in [3.63, 3.8) is 0 Å². The molecule has 0 aliphatic carbocycles. The van der Waals surface area contributed by atoms with Gasteiger partial charge in [-0.3, -0.25) is 0 Å². The van der Waals surface area contributed by atoms with E-state index >= 15 is 0 Å². The number of aromatic nitrogens is 4. The van der Waals surface area contributed by atoms with Crippen molar-refractivity contribution in [2.45, 2.75) is 17.3 Å². The molecule has 1 unspecified atom stereocenters. The van der Waals surface area contributed by atoms with Crippen LogP contribution in [0.5, 0.6) is 0 Å². The minimum atomic E-state index is -0.202. The molecule has 2 rings (SSSR count). The zero-order valence-electron chi connectivity index (χ0n) is 8.91. The summed E-state index contributed by atoms with van der Waals surface area (Å²) < 4.78 is 1.58. The summed E-state index contributed by atoms with van der Waals surface area (Å²) in [6, 6.07) is 9.29. The normalized spacial score (nSPS) is 12.1. The maximum absolute atomic E-state index is 8.77. The highest BCUT2D eigenvalue weighted by atomic mass is 35.5. The second kappa shape index (κ2) is 5.17. The largest absolute Gasteiger partial charge is 0.215 e. The summed E-state index contributed by atoms with van der Waals surface area (Å²) in [4.78, 5) is 0. The van der Waals surface area contributed by atoms with Gasteiger partial charge < -0.3 is 0 Å². The fraction of sp³-hybridized carbons (Fsp3) is 0.200. The van der Waals surface area contributed by atoms with Crippen molar-refractivity contribution in [1.29, 1.82) is 5.26 Å². The lowest BCUT2D eigenvalue weighted by Crippen LogP contribution is -2.01. The molecule has 17 heavy (non-hydrogen) atoms. The fourth-order valence-corrected chi connectivity index (χ4v) is 2.00. The summed E-state index contributed by atoms with van der Waals surface area (Å²) in [6.07, 6.45) is 0. The lowest BCUT2D eigenvalue weighted by atomic mass is 10.3. The van der Waals surface area contributed by atoms with E-state index in [4.69, 9.17) is 16.9 Å². The van der Waals surface area contributed by atoms with E-state index in [0.29, 0.717) is 10.2 Å². The number of hydrogen-bond donors (Lipinski definition) is 0. The van der Waals surface area contributed by atoms with Crippen molar-refractivity contribution in [1.82, 2.24) is 20.2 Å². The molecule has 0 saturated heterocycles. The van der Waals surface area contributed by atoms with E-state index < -0.39 is 0 Å². The molecule has 5 nitrogen and oxygen atoms in total. The molecule has 1 aromatic carbocycles. The molecule has 0 saturated carbocycles. The molecule has 0 aliphatic heterocycles. The predicted molar refractivity (Wildman–Crippen MR) is 65.1 cm³/mol. The Morgan fingerprint density at radius 3 is 2.76 bits per heavy atom. The van der Waals surface area contributed by atoms with E-state index in [-0.39, 0.29) is 5.25 Å². The fourth-order valence-electron chi connectivity index (χ4n) is 1.18. The van der Waals surface area contributed by atoms with Crippen molar-refractivity contribution in [3.05, 3.63) is 29.3 Å². The highest BCUT2D eigenvalue weighted by Crippen LogP contribution is 2.22. The van der Waals surface area contributed by atoms with Crippen LogP contribution in [0.1, 0.15) is 6.92 Å². The molecule has 0 radical (unpaired) electrons. The monoisotopic (exact) mass is 265 g/mol. The summed E-state index contributed by atoms with van der Waals surface area (Å²) >= 11 is 7.12. The summed E-state index contributed by atoms with van der Waals surface area (Å²) in [6.45, 7) is 1.80. The Labute approximate surface area is 107 Å². The smallest absolute Gasteiger partial charge is 0.197 e. The standard InChI is InChI=1S/C10H8ClN5S/c1-7(6-12)17-10-13-14-15-16(10)9-4-2-8(11)3-5-9/h2-5,7H,1H3. The Morgan fingerprint density at radius 1 is 1.41 bits per heavy atom. The number of rotatable bonds is 3. The lowest BCUT2D eigenvalue weighted by Gasteiger charge is -2.04. The second-order valence-corrected chi connectivity index (χ2v) is 4.98. The van der Waals surface area contributed by atoms with Crippen LogP contribution in [0.15, 0.2) is 29.4 Å². The molecule has 0 spiro atoms. The third-order valence-electron chi connectivity index (χ3n) is 1.98. The number of nitriles is 1. The molecule has 0 fully saturated rings. The van der Waals surface area contributed by atoms with Gasteiger partial charge in [0.25, 0.3) is 0 Å². The average Bonchev–Trinajstić information content (AvgIpc) is 2.78. The topological polar surface area (TPSA) is 67.4 Å². The Bertz CT molecular complexity index is 545. The summed E-state index contributed by atoms with van der Waals surface area (Å²) in [5, 5.41) is 21.2. The van der Waals surface area contributed by atoms with Crippen LogP contribution in [0.4, 0.5) is 0 Å². The molecular formula is C10H8ClN5S. The molecule has 1 heterocycles. The van der Waals surface area contributed by atoms with Crippen LogP contribution in [-0.4, -0.2) is 25.5 Å². The molecule has 0 bridgehead atoms. The van der Waals surface area contributed by atoms with Gasteiger partial charge >= 0.3 is 0 Å². The average molecular weight is 266 g/mol. The zero-order valence-corrected chi connectivity index (χ0v) is 10.5. The number of thioether (sulfide) groups is 1. The Kier molecular flexibility index (Phi) is 3.61. The molecular weight excluding hydrogens is 258 g/mol. The van der Waals surface area contributed by atoms with Gasteiger partial charge in [-0.15, -0.1) is 5.10 Å². The number of hydrogen-bond acceptors (Lipinski definition) is 5. The molecule has 0 aliphatic rings. The van der Waals surface area contributed by atoms with E-state index in [1.165, 1.54) is 11.8 Å². The van der Waals surface area contributed by atoms with Gasteiger partial charge in [-0.1, -0.05) is 23.4 Å². The number of halogens is 1. The molecule has 2 aromatic rings. The first-order valence-electron chi connectivity index (χ1n) is 4.81. The maximum atomic E-state index is 8.77. The summed E-state index contributed by atoms with van der Waals surface area (Å²) in [5.41, 5.74) is 0.812. The number of tetrazole rings is 1. The van der Waals surface area contributed by atoms with Crippen molar-refractivity contribution >= 4 is 23.4 Å². The van der Waals surface area contributed by atoms with Crippen LogP contribution in [0, 0.1) is 11.3 Å². The van der Waals surface area contributed by atoms with E-state index in [1.54, 1.807) is 23.7 Å². The van der Waals surface area contributed by atoms with Crippen molar-refractivity contribution in [2.75, 3.05) is 0 Å². The minimum absolute atomic E-state index is 0.202. The van der Waals surface area contributed by atoms with Crippen LogP contribution >= 0.6 is 23.4 Å². The van der Waals surface area contributed by atoms with Gasteiger partial charge in [0.2, 0.25) is 5.16 Å². The molecule has 7 heteroatoms. The molecule has 1 atom stereocenters. The summed E-state index contributed by atoms with van der Waals surface area (Å²) in [5.74, 6) is 0. The maximum Gasteiger partial charge on any atom is 0.215 e. The van der Waals surface area contributed by atoms with Crippen LogP contribution in [0.2, 0.25) is 5.02 Å². The first kappa shape index (κ1) is 11.9. The van der Waals surface area contributed by atoms with Gasteiger partial charge in [-0.2, -0.15) is 9.94 Å². The first-order chi connectivity index (χ1) is 8.20. The molecule has 86 valence electrons. The zero-order chi connectivity index (χ0) is 12.3. The van der Waals surface area contributed by atoms with Gasteiger partial charge in [-0.25, -0.2) is 0 Å². The van der Waals surface area contributed by atoms with Crippen LogP contribution in [0.25, 0.3) is 5.69 Å². The minimum Gasteiger partial charge on any atom is -0.197 e. The van der Waals surface area contributed by atoms with E-state index in [2.05, 4.69) is 21.6 Å². The highest BCUT2D eigenvalue weighted by Gasteiger charge is 2.12. The lowest BCUT2D eigenvalue weighted by molar-refractivity contribution is 0.756. The number of benzene rings is 1. The predicted octanol–water partition coefficient (Wildman–Crippen LogP) is 2.32. The van der Waals surface area contributed by atoms with Crippen LogP contribution in [-0.2, 0) is 0 Å². The van der Waals surface area contributed by atoms with Crippen molar-refractivity contribution in [3.8, 4) is 11.8 Å². The van der Waals surface area contributed by atoms with Crippen LogP contribution < -0.4 is 0 Å². The van der Waals surface area contributed by atoms with Gasteiger partial charge in [0.15, 0.2) is 0 Å². The Balaban J connectivity index is 2.31. The number of nitrogens with zero attached hydrogens (tertiary/aromatic N) is 5. The first-order valence-corrected chi connectivity index (χ1v) is 6.07. The molecule has 0 N–H and O–H groups in total. The van der Waals surface area contributed by atoms with Gasteiger partial charge in [0.05, 0.1) is 17.0 Å². The Morgan fingerprint density at radius 2 is 2.12 bits per heavy atom. The van der Waals surface area contributed by atoms with Crippen LogP contribution in [0.3, 0.4) is 0 Å². The van der Waals surface area contributed by atoms with E-state index in [0.717, 1.165) is 5.69 Å². The van der Waals surface area contributed by atoms with Crippen molar-refractivity contribution < 1.29 is 0 Å². The third kappa shape index (κ3) is 2.75. The van der Waals surface area contributed by atoms with E-state index in [1.807, 2.05) is 12.1 Å². The molecule has 0 amide bonds. The van der Waals surface area contributed by atoms with Gasteiger partial charge in [-0.05, 0) is 41.6 Å². The third-order valence-corrected chi connectivity index (χ3v) is 3.15. The SMILES string of the molecule is CC(C#N)Sc1nnnn1-c1ccc(Cl)cc1. The highest BCUT2D eigenvalue weighted by molar-refractivity contribution is 8.00. The van der Waals surface area contributed by atoms with Crippen molar-refractivity contribution in [2.24, 2.45) is 0 Å².